The number of carbonyl (C=O) groups is 1. The Morgan fingerprint density at radius 1 is 1.10 bits per heavy atom. The SMILES string of the molecule is C#CCO[C@H](c1ccc(C)c(COCc2ccc(OC)cc2)c1)C(C)(C)C(=O)OC. The molecule has 0 spiro atoms. The maximum atomic E-state index is 12.4. The van der Waals surface area contributed by atoms with Gasteiger partial charge in [0.25, 0.3) is 0 Å². The van der Waals surface area contributed by atoms with Crippen LogP contribution in [0.3, 0.4) is 0 Å². The van der Waals surface area contributed by atoms with Crippen LogP contribution in [0.25, 0.3) is 0 Å². The molecule has 0 N–H and O–H groups in total. The zero-order valence-corrected chi connectivity index (χ0v) is 18.4. The van der Waals surface area contributed by atoms with Gasteiger partial charge >= 0.3 is 5.97 Å². The van der Waals surface area contributed by atoms with Crippen molar-refractivity contribution in [1.29, 1.82) is 0 Å². The second kappa shape index (κ2) is 10.8. The predicted molar refractivity (Wildman–Crippen MR) is 116 cm³/mol. The lowest BCUT2D eigenvalue weighted by Gasteiger charge is -2.32. The molecule has 0 amide bonds. The van der Waals surface area contributed by atoms with Gasteiger partial charge in [-0.05, 0) is 55.2 Å². The van der Waals surface area contributed by atoms with Gasteiger partial charge in [0.05, 0.1) is 39.0 Å². The largest absolute Gasteiger partial charge is 0.497 e. The van der Waals surface area contributed by atoms with Gasteiger partial charge in [-0.25, -0.2) is 0 Å². The van der Waals surface area contributed by atoms with Crippen LogP contribution in [-0.2, 0) is 32.2 Å². The van der Waals surface area contributed by atoms with Crippen molar-refractivity contribution in [2.75, 3.05) is 20.8 Å². The van der Waals surface area contributed by atoms with Crippen LogP contribution in [0, 0.1) is 24.7 Å². The zero-order valence-electron chi connectivity index (χ0n) is 18.4. The molecule has 0 saturated carbocycles. The fraction of sp³-hybridized carbons (Fsp3) is 0.400. The molecule has 30 heavy (non-hydrogen) atoms. The van der Waals surface area contributed by atoms with Crippen molar-refractivity contribution in [3.8, 4) is 18.1 Å². The summed E-state index contributed by atoms with van der Waals surface area (Å²) in [5, 5.41) is 0. The van der Waals surface area contributed by atoms with E-state index in [9.17, 15) is 4.79 Å². The molecule has 2 aromatic carbocycles. The first-order chi connectivity index (χ1) is 14.3. The number of terminal acetylenes is 1. The van der Waals surface area contributed by atoms with Gasteiger partial charge in [0.2, 0.25) is 0 Å². The average molecular weight is 411 g/mol. The van der Waals surface area contributed by atoms with Crippen LogP contribution in [-0.4, -0.2) is 26.8 Å². The molecular weight excluding hydrogens is 380 g/mol. The van der Waals surface area contributed by atoms with E-state index in [1.807, 2.05) is 49.4 Å². The van der Waals surface area contributed by atoms with Gasteiger partial charge in [-0.2, -0.15) is 0 Å². The van der Waals surface area contributed by atoms with Gasteiger partial charge in [-0.1, -0.05) is 36.3 Å². The van der Waals surface area contributed by atoms with E-state index in [0.29, 0.717) is 13.2 Å². The minimum Gasteiger partial charge on any atom is -0.497 e. The van der Waals surface area contributed by atoms with Crippen molar-refractivity contribution in [2.45, 2.75) is 40.1 Å². The number of hydrogen-bond donors (Lipinski definition) is 0. The van der Waals surface area contributed by atoms with Crippen molar-refractivity contribution in [1.82, 2.24) is 0 Å². The van der Waals surface area contributed by atoms with Gasteiger partial charge in [0.15, 0.2) is 0 Å². The molecule has 1 atom stereocenters. The van der Waals surface area contributed by atoms with E-state index in [2.05, 4.69) is 5.92 Å². The Balaban J connectivity index is 2.17. The first kappa shape index (κ1) is 23.5. The number of aryl methyl sites for hydroxylation is 1. The lowest BCUT2D eigenvalue weighted by atomic mass is 9.81. The number of esters is 1. The lowest BCUT2D eigenvalue weighted by molar-refractivity contribution is -0.160. The van der Waals surface area contributed by atoms with E-state index >= 15 is 0 Å². The van der Waals surface area contributed by atoms with Crippen molar-refractivity contribution < 1.29 is 23.7 Å². The number of rotatable bonds is 10. The number of methoxy groups -OCH3 is 2. The highest BCUT2D eigenvalue weighted by Crippen LogP contribution is 2.38. The minimum atomic E-state index is -0.901. The summed E-state index contributed by atoms with van der Waals surface area (Å²) < 4.78 is 21.9. The standard InChI is InChI=1S/C25H30O5/c1-7-14-30-23(25(3,4)24(26)28-6)20-11-8-18(2)21(15-20)17-29-16-19-9-12-22(27-5)13-10-19/h1,8-13,15,23H,14,16-17H2,2-6H3/t23-/m1/s1. The monoisotopic (exact) mass is 410 g/mol. The van der Waals surface area contributed by atoms with Gasteiger partial charge in [0, 0.05) is 0 Å². The molecule has 0 radical (unpaired) electrons. The Bertz CT molecular complexity index is 877. The zero-order chi connectivity index (χ0) is 22.1. The van der Waals surface area contributed by atoms with Gasteiger partial charge in [-0.3, -0.25) is 4.79 Å². The first-order valence-electron chi connectivity index (χ1n) is 9.77. The molecule has 5 heteroatoms. The molecule has 5 nitrogen and oxygen atoms in total. The van der Waals surface area contributed by atoms with Crippen LogP contribution in [0.1, 0.15) is 42.2 Å². The maximum absolute atomic E-state index is 12.4. The Morgan fingerprint density at radius 3 is 2.40 bits per heavy atom. The second-order valence-corrected chi connectivity index (χ2v) is 7.64. The predicted octanol–water partition coefficient (Wildman–Crippen LogP) is 4.61. The van der Waals surface area contributed by atoms with E-state index in [4.69, 9.17) is 25.4 Å². The van der Waals surface area contributed by atoms with E-state index < -0.39 is 11.5 Å². The number of hydrogen-bond acceptors (Lipinski definition) is 5. The number of benzene rings is 2. The van der Waals surface area contributed by atoms with Gasteiger partial charge in [0.1, 0.15) is 12.4 Å². The number of ether oxygens (including phenoxy) is 4. The molecule has 0 aromatic heterocycles. The van der Waals surface area contributed by atoms with Crippen LogP contribution in [0.2, 0.25) is 0 Å². The smallest absolute Gasteiger partial charge is 0.314 e. The number of carbonyl (C=O) groups excluding carboxylic acids is 1. The lowest BCUT2D eigenvalue weighted by Crippen LogP contribution is -2.34. The maximum Gasteiger partial charge on any atom is 0.314 e. The fourth-order valence-corrected chi connectivity index (χ4v) is 3.23. The Labute approximate surface area is 179 Å². The minimum absolute atomic E-state index is 0.0995. The summed E-state index contributed by atoms with van der Waals surface area (Å²) in [6.07, 6.45) is 4.84. The second-order valence-electron chi connectivity index (χ2n) is 7.64. The normalized spacial score (nSPS) is 12.1. The molecule has 0 saturated heterocycles. The van der Waals surface area contributed by atoms with Crippen molar-refractivity contribution in [3.63, 3.8) is 0 Å². The summed E-state index contributed by atoms with van der Waals surface area (Å²) in [6, 6.07) is 13.7. The van der Waals surface area contributed by atoms with Crippen LogP contribution < -0.4 is 4.74 Å². The average Bonchev–Trinajstić information content (AvgIpc) is 2.75. The topological polar surface area (TPSA) is 54.0 Å². The molecule has 0 aliphatic heterocycles. The molecule has 0 heterocycles. The summed E-state index contributed by atoms with van der Waals surface area (Å²) in [7, 11) is 3.01. The molecule has 0 unspecified atom stereocenters. The van der Waals surface area contributed by atoms with Gasteiger partial charge in [-0.15, -0.1) is 6.42 Å². The van der Waals surface area contributed by atoms with E-state index in [0.717, 1.165) is 28.0 Å². The Morgan fingerprint density at radius 2 is 1.80 bits per heavy atom. The highest BCUT2D eigenvalue weighted by atomic mass is 16.5. The van der Waals surface area contributed by atoms with E-state index in [1.54, 1.807) is 21.0 Å². The molecule has 0 aliphatic carbocycles. The molecule has 0 aliphatic rings. The third kappa shape index (κ3) is 5.85. The van der Waals surface area contributed by atoms with Crippen LogP contribution in [0.5, 0.6) is 5.75 Å². The highest BCUT2D eigenvalue weighted by Gasteiger charge is 2.40. The quantitative estimate of drug-likeness (QED) is 0.423. The van der Waals surface area contributed by atoms with Crippen molar-refractivity contribution >= 4 is 5.97 Å². The van der Waals surface area contributed by atoms with Crippen LogP contribution >= 0.6 is 0 Å². The molecule has 2 aromatic rings. The summed E-state index contributed by atoms with van der Waals surface area (Å²) >= 11 is 0. The van der Waals surface area contributed by atoms with Gasteiger partial charge < -0.3 is 18.9 Å². The van der Waals surface area contributed by atoms with Crippen LogP contribution in [0.15, 0.2) is 42.5 Å². The summed E-state index contributed by atoms with van der Waals surface area (Å²) in [4.78, 5) is 12.4. The molecule has 0 fully saturated rings. The van der Waals surface area contributed by atoms with Crippen LogP contribution in [0.4, 0.5) is 0 Å². The molecule has 160 valence electrons. The Kier molecular flexibility index (Phi) is 8.46. The highest BCUT2D eigenvalue weighted by molar-refractivity contribution is 5.77. The summed E-state index contributed by atoms with van der Waals surface area (Å²) in [6.45, 7) is 6.63. The van der Waals surface area contributed by atoms with E-state index in [-0.39, 0.29) is 12.6 Å². The summed E-state index contributed by atoms with van der Waals surface area (Å²) in [5.41, 5.74) is 3.14. The third-order valence-corrected chi connectivity index (χ3v) is 5.06. The van der Waals surface area contributed by atoms with E-state index in [1.165, 1.54) is 7.11 Å². The molecular formula is C25H30O5. The first-order valence-corrected chi connectivity index (χ1v) is 9.77. The molecule has 2 rings (SSSR count). The van der Waals surface area contributed by atoms with Crippen molar-refractivity contribution in [2.24, 2.45) is 5.41 Å². The van der Waals surface area contributed by atoms with Crippen molar-refractivity contribution in [3.05, 3.63) is 64.7 Å². The Hall–Kier alpha value is -2.81. The third-order valence-electron chi connectivity index (χ3n) is 5.06. The summed E-state index contributed by atoms with van der Waals surface area (Å²) in [5.74, 6) is 2.93. The fourth-order valence-electron chi connectivity index (χ4n) is 3.23. The molecule has 0 bridgehead atoms.